The van der Waals surface area contributed by atoms with Gasteiger partial charge in [0.2, 0.25) is 0 Å². The predicted molar refractivity (Wildman–Crippen MR) is 76.7 cm³/mol. The van der Waals surface area contributed by atoms with Crippen LogP contribution in [0.4, 0.5) is 0 Å². The van der Waals surface area contributed by atoms with Crippen molar-refractivity contribution >= 4 is 11.8 Å². The molecule has 0 radical (unpaired) electrons. The summed E-state index contributed by atoms with van der Waals surface area (Å²) in [6.45, 7) is 2.72. The minimum absolute atomic E-state index is 0.394. The summed E-state index contributed by atoms with van der Waals surface area (Å²) in [5.74, 6) is 0. The van der Waals surface area contributed by atoms with Crippen molar-refractivity contribution in [3.8, 4) is 0 Å². The molecular weight excluding hydrogens is 242 g/mol. The molecule has 0 saturated heterocycles. The van der Waals surface area contributed by atoms with Crippen molar-refractivity contribution < 1.29 is 0 Å². The number of nitrogens with zero attached hydrogens (tertiary/aromatic N) is 2. The highest BCUT2D eigenvalue weighted by Crippen LogP contribution is 2.37. The number of hydrogen-bond donors (Lipinski definition) is 1. The number of thioether (sulfide) groups is 1. The number of benzene rings is 1. The highest BCUT2D eigenvalue weighted by molar-refractivity contribution is 7.99. The molecule has 0 fully saturated rings. The number of nitrogens with two attached hydrogens (primary N) is 1. The molecule has 4 heteroatoms. The molecule has 0 aliphatic carbocycles. The van der Waals surface area contributed by atoms with Gasteiger partial charge in [0, 0.05) is 12.3 Å². The molecule has 1 aromatic carbocycles. The fourth-order valence-corrected chi connectivity index (χ4v) is 3.23. The van der Waals surface area contributed by atoms with Crippen LogP contribution in [0.1, 0.15) is 22.9 Å². The van der Waals surface area contributed by atoms with E-state index in [9.17, 15) is 0 Å². The quantitative estimate of drug-likeness (QED) is 0.842. The van der Waals surface area contributed by atoms with Gasteiger partial charge in [-0.05, 0) is 31.5 Å². The molecule has 0 aliphatic rings. The van der Waals surface area contributed by atoms with Crippen LogP contribution in [-0.4, -0.2) is 16.3 Å². The van der Waals surface area contributed by atoms with E-state index in [1.165, 1.54) is 10.6 Å². The Morgan fingerprint density at radius 2 is 2.06 bits per heavy atom. The van der Waals surface area contributed by atoms with Crippen molar-refractivity contribution in [3.05, 3.63) is 47.7 Å². The monoisotopic (exact) mass is 261 g/mol. The second-order valence-corrected chi connectivity index (χ2v) is 5.57. The lowest BCUT2D eigenvalue weighted by Crippen LogP contribution is -2.05. The molecule has 2 aromatic rings. The van der Waals surface area contributed by atoms with E-state index >= 15 is 0 Å². The van der Waals surface area contributed by atoms with Gasteiger partial charge in [-0.3, -0.25) is 4.68 Å². The molecule has 0 bridgehead atoms. The third-order valence-corrected chi connectivity index (χ3v) is 4.24. The number of hydrogen-bond acceptors (Lipinski definition) is 3. The summed E-state index contributed by atoms with van der Waals surface area (Å²) < 4.78 is 1.94. The lowest BCUT2D eigenvalue weighted by atomic mass is 10.1. The first-order valence-corrected chi connectivity index (χ1v) is 7.01. The Morgan fingerprint density at radius 3 is 2.61 bits per heavy atom. The first kappa shape index (κ1) is 13.2. The van der Waals surface area contributed by atoms with E-state index in [-0.39, 0.29) is 0 Å². The molecule has 0 aliphatic heterocycles. The van der Waals surface area contributed by atoms with Crippen LogP contribution >= 0.6 is 11.8 Å². The Hall–Kier alpha value is -1.26. The van der Waals surface area contributed by atoms with E-state index in [0.29, 0.717) is 11.8 Å². The highest BCUT2D eigenvalue weighted by atomic mass is 32.2. The largest absolute Gasteiger partial charge is 0.330 e. The van der Waals surface area contributed by atoms with Crippen LogP contribution < -0.4 is 5.73 Å². The zero-order valence-corrected chi connectivity index (χ0v) is 11.7. The van der Waals surface area contributed by atoms with Crippen LogP contribution in [0.15, 0.2) is 41.4 Å². The second-order valence-electron chi connectivity index (χ2n) is 4.34. The molecule has 18 heavy (non-hydrogen) atoms. The van der Waals surface area contributed by atoms with Crippen molar-refractivity contribution in [2.75, 3.05) is 6.54 Å². The van der Waals surface area contributed by atoms with Crippen LogP contribution in [0.2, 0.25) is 0 Å². The van der Waals surface area contributed by atoms with Crippen LogP contribution in [0.25, 0.3) is 0 Å². The Bertz CT molecular complexity index is 493. The van der Waals surface area contributed by atoms with E-state index in [0.717, 1.165) is 12.1 Å². The number of aromatic nitrogens is 2. The van der Waals surface area contributed by atoms with E-state index in [4.69, 9.17) is 5.73 Å². The van der Waals surface area contributed by atoms with Gasteiger partial charge in [-0.25, -0.2) is 0 Å². The summed E-state index contributed by atoms with van der Waals surface area (Å²) in [5.41, 5.74) is 8.11. The van der Waals surface area contributed by atoms with Crippen molar-refractivity contribution in [2.24, 2.45) is 12.8 Å². The summed E-state index contributed by atoms with van der Waals surface area (Å²) in [6.07, 6.45) is 0.971. The van der Waals surface area contributed by atoms with Crippen LogP contribution in [0.5, 0.6) is 0 Å². The number of aryl methyl sites for hydroxylation is 2. The lowest BCUT2D eigenvalue weighted by Gasteiger charge is -2.15. The van der Waals surface area contributed by atoms with Gasteiger partial charge < -0.3 is 5.73 Å². The Kier molecular flexibility index (Phi) is 4.44. The van der Waals surface area contributed by atoms with Gasteiger partial charge in [0.15, 0.2) is 0 Å². The maximum absolute atomic E-state index is 5.73. The van der Waals surface area contributed by atoms with Gasteiger partial charge in [0.1, 0.15) is 0 Å². The second kappa shape index (κ2) is 6.07. The van der Waals surface area contributed by atoms with E-state index in [2.05, 4.69) is 35.4 Å². The number of rotatable bonds is 5. The van der Waals surface area contributed by atoms with Gasteiger partial charge >= 0.3 is 0 Å². The maximum Gasteiger partial charge on any atom is 0.0945 e. The van der Waals surface area contributed by atoms with Crippen LogP contribution in [0.3, 0.4) is 0 Å². The molecule has 0 saturated carbocycles. The van der Waals surface area contributed by atoms with Gasteiger partial charge in [-0.15, -0.1) is 0 Å². The van der Waals surface area contributed by atoms with E-state index in [1.54, 1.807) is 0 Å². The van der Waals surface area contributed by atoms with Crippen molar-refractivity contribution in [1.29, 1.82) is 0 Å². The Morgan fingerprint density at radius 1 is 1.33 bits per heavy atom. The highest BCUT2D eigenvalue weighted by Gasteiger charge is 2.14. The zero-order valence-electron chi connectivity index (χ0n) is 10.8. The van der Waals surface area contributed by atoms with Gasteiger partial charge in [0.25, 0.3) is 0 Å². The maximum atomic E-state index is 5.73. The van der Waals surface area contributed by atoms with Crippen molar-refractivity contribution in [2.45, 2.75) is 23.6 Å². The smallest absolute Gasteiger partial charge is 0.0945 e. The van der Waals surface area contributed by atoms with Gasteiger partial charge in [0.05, 0.1) is 10.7 Å². The average Bonchev–Trinajstić information content (AvgIpc) is 2.68. The van der Waals surface area contributed by atoms with E-state index < -0.39 is 0 Å². The van der Waals surface area contributed by atoms with Crippen molar-refractivity contribution in [1.82, 2.24) is 9.78 Å². The van der Waals surface area contributed by atoms with E-state index in [1.807, 2.05) is 36.5 Å². The zero-order chi connectivity index (χ0) is 13.0. The molecule has 3 nitrogen and oxygen atoms in total. The fourth-order valence-electron chi connectivity index (χ4n) is 1.96. The SMILES string of the molecule is Cc1cc(SC(CCN)c2ccccc2)n(C)n1. The summed E-state index contributed by atoms with van der Waals surface area (Å²) in [7, 11) is 1.99. The molecule has 2 N–H and O–H groups in total. The van der Waals surface area contributed by atoms with Crippen molar-refractivity contribution in [3.63, 3.8) is 0 Å². The third kappa shape index (κ3) is 3.15. The van der Waals surface area contributed by atoms with Gasteiger partial charge in [-0.1, -0.05) is 42.1 Å². The molecule has 96 valence electrons. The molecule has 2 rings (SSSR count). The first-order chi connectivity index (χ1) is 8.70. The van der Waals surface area contributed by atoms with Gasteiger partial charge in [-0.2, -0.15) is 5.10 Å². The summed E-state index contributed by atoms with van der Waals surface area (Å²) in [4.78, 5) is 0. The average molecular weight is 261 g/mol. The standard InChI is InChI=1S/C14H19N3S/c1-11-10-14(17(2)16-11)18-13(8-9-15)12-6-4-3-5-7-12/h3-7,10,13H,8-9,15H2,1-2H3. The summed E-state index contributed by atoms with van der Waals surface area (Å²) in [6, 6.07) is 12.6. The molecule has 1 unspecified atom stereocenters. The molecule has 1 heterocycles. The lowest BCUT2D eigenvalue weighted by molar-refractivity contribution is 0.688. The first-order valence-electron chi connectivity index (χ1n) is 6.13. The molecule has 1 atom stereocenters. The predicted octanol–water partition coefficient (Wildman–Crippen LogP) is 2.91. The van der Waals surface area contributed by atoms with Crippen LogP contribution in [0, 0.1) is 6.92 Å². The minimum atomic E-state index is 0.394. The normalized spacial score (nSPS) is 12.6. The third-order valence-electron chi connectivity index (χ3n) is 2.82. The molecule has 0 spiro atoms. The summed E-state index contributed by atoms with van der Waals surface area (Å²) in [5, 5.41) is 5.97. The Balaban J connectivity index is 2.19. The summed E-state index contributed by atoms with van der Waals surface area (Å²) >= 11 is 1.83. The Labute approximate surface area is 112 Å². The topological polar surface area (TPSA) is 43.8 Å². The fraction of sp³-hybridized carbons (Fsp3) is 0.357. The molecule has 1 aromatic heterocycles. The minimum Gasteiger partial charge on any atom is -0.330 e. The van der Waals surface area contributed by atoms with Crippen LogP contribution in [-0.2, 0) is 7.05 Å². The molecule has 0 amide bonds. The molecular formula is C14H19N3S.